The molecule has 0 spiro atoms. The van der Waals surface area contributed by atoms with Gasteiger partial charge in [-0.05, 0) is 49.2 Å². The first-order valence-corrected chi connectivity index (χ1v) is 21.9. The largest absolute Gasteiger partial charge is 0.394 e. The molecule has 5 fully saturated rings. The van der Waals surface area contributed by atoms with Gasteiger partial charge in [0, 0.05) is 6.61 Å². The van der Waals surface area contributed by atoms with E-state index in [0.717, 1.165) is 24.8 Å². The number of aliphatic imine (C=N–C) groups is 1. The van der Waals surface area contributed by atoms with Crippen LogP contribution in [0.3, 0.4) is 0 Å². The quantitative estimate of drug-likeness (QED) is 0.0309. The van der Waals surface area contributed by atoms with Crippen LogP contribution in [0.15, 0.2) is 29.3 Å². The van der Waals surface area contributed by atoms with Crippen LogP contribution in [-0.2, 0) is 53.8 Å². The fourth-order valence-electron chi connectivity index (χ4n) is 8.02. The number of aliphatic hydroxyl groups excluding tert-OH is 14. The summed E-state index contributed by atoms with van der Waals surface area (Å²) in [6.45, 7) is -3.22. The summed E-state index contributed by atoms with van der Waals surface area (Å²) in [7, 11) is 0. The molecule has 5 heterocycles. The Morgan fingerprint density at radius 3 is 1.39 bits per heavy atom. The predicted molar refractivity (Wildman–Crippen MR) is 217 cm³/mol. The van der Waals surface area contributed by atoms with Gasteiger partial charge in [-0.25, -0.2) is 0 Å². The molecule has 66 heavy (non-hydrogen) atoms. The third-order valence-electron chi connectivity index (χ3n) is 12.0. The first kappa shape index (κ1) is 53.4. The molecule has 6 rings (SSSR count). The van der Waals surface area contributed by atoms with Crippen molar-refractivity contribution in [2.45, 2.75) is 167 Å². The molecule has 0 aliphatic carbocycles. The number of thiocarbonyl (C=S) groups is 1. The van der Waals surface area contributed by atoms with E-state index in [0.29, 0.717) is 12.1 Å². The summed E-state index contributed by atoms with van der Waals surface area (Å²) in [5.74, 6) is 0. The summed E-state index contributed by atoms with van der Waals surface area (Å²) >= 11 is 4.62. The summed E-state index contributed by atoms with van der Waals surface area (Å²) in [5, 5.41) is 149. The van der Waals surface area contributed by atoms with Gasteiger partial charge in [-0.15, -0.1) is 0 Å². The molecular formula is C40H61NO24S. The van der Waals surface area contributed by atoms with Crippen LogP contribution in [0.1, 0.15) is 24.8 Å². The van der Waals surface area contributed by atoms with Crippen molar-refractivity contribution < 1.29 is 119 Å². The Morgan fingerprint density at radius 2 is 0.864 bits per heavy atom. The second kappa shape index (κ2) is 24.8. The second-order valence-corrected chi connectivity index (χ2v) is 16.8. The average Bonchev–Trinajstić information content (AvgIpc) is 3.75. The molecular weight excluding hydrogens is 910 g/mol. The molecule has 0 bridgehead atoms. The Balaban J connectivity index is 1.07. The molecule has 5 aliphatic rings. The molecule has 1 aromatic rings. The maximum atomic E-state index is 11.5. The Morgan fingerprint density at radius 1 is 0.455 bits per heavy atom. The average molecular weight is 972 g/mol. The van der Waals surface area contributed by atoms with Crippen molar-refractivity contribution in [1.82, 2.24) is 0 Å². The number of rotatable bonds is 21. The summed E-state index contributed by atoms with van der Waals surface area (Å²) in [6.07, 6.45) is -35.1. The number of benzene rings is 1. The van der Waals surface area contributed by atoms with E-state index in [9.17, 15) is 71.5 Å². The molecule has 25 nitrogen and oxygen atoms in total. The number of unbranched alkanes of at least 4 members (excludes halogenated alkanes) is 2. The van der Waals surface area contributed by atoms with E-state index < -0.39 is 174 Å². The van der Waals surface area contributed by atoms with Crippen LogP contribution in [0.2, 0.25) is 0 Å². The summed E-state index contributed by atoms with van der Waals surface area (Å²) in [5.41, 5.74) is 1.79. The van der Waals surface area contributed by atoms with Crippen LogP contribution < -0.4 is 0 Å². The molecule has 14 N–H and O–H groups in total. The van der Waals surface area contributed by atoms with E-state index in [1.165, 1.54) is 0 Å². The Kier molecular flexibility index (Phi) is 20.0. The molecule has 5 aliphatic heterocycles. The van der Waals surface area contributed by atoms with Crippen LogP contribution in [0.5, 0.6) is 0 Å². The van der Waals surface area contributed by atoms with E-state index in [-0.39, 0.29) is 6.61 Å². The number of aliphatic hydroxyl groups is 14. The van der Waals surface area contributed by atoms with Gasteiger partial charge in [0.15, 0.2) is 31.5 Å². The zero-order chi connectivity index (χ0) is 47.8. The molecule has 0 amide bonds. The topological polar surface area (TPSA) is 388 Å². The lowest BCUT2D eigenvalue weighted by Crippen LogP contribution is -2.63. The van der Waals surface area contributed by atoms with Gasteiger partial charge in [0.05, 0.1) is 43.9 Å². The number of ether oxygens (including phenoxy) is 10. The monoisotopic (exact) mass is 971 g/mol. The third-order valence-corrected chi connectivity index (χ3v) is 12.1. The summed E-state index contributed by atoms with van der Waals surface area (Å²) in [4.78, 5) is 3.93. The van der Waals surface area contributed by atoms with E-state index in [4.69, 9.17) is 47.4 Å². The highest BCUT2D eigenvalue weighted by Crippen LogP contribution is 2.33. The van der Waals surface area contributed by atoms with E-state index >= 15 is 0 Å². The fraction of sp³-hybridized carbons (Fsp3) is 0.825. The lowest BCUT2D eigenvalue weighted by Gasteiger charge is -2.45. The van der Waals surface area contributed by atoms with E-state index in [2.05, 4.69) is 22.4 Å². The molecule has 0 radical (unpaired) electrons. The molecule has 0 aromatic heterocycles. The molecule has 1 aromatic carbocycles. The van der Waals surface area contributed by atoms with Crippen LogP contribution in [0, 0.1) is 0 Å². The van der Waals surface area contributed by atoms with Crippen LogP contribution in [0.4, 0.5) is 5.69 Å². The van der Waals surface area contributed by atoms with E-state index in [1.54, 1.807) is 0 Å². The maximum absolute atomic E-state index is 11.5. The molecule has 26 heteroatoms. The highest BCUT2D eigenvalue weighted by molar-refractivity contribution is 7.78. The zero-order valence-corrected chi connectivity index (χ0v) is 36.2. The van der Waals surface area contributed by atoms with Gasteiger partial charge in [0.2, 0.25) is 0 Å². The smallest absolute Gasteiger partial charge is 0.187 e. The Bertz CT molecular complexity index is 1670. The second-order valence-electron chi connectivity index (χ2n) is 16.6. The minimum absolute atomic E-state index is 0.109. The number of hydrogen-bond acceptors (Lipinski definition) is 26. The van der Waals surface area contributed by atoms with Crippen LogP contribution in [-0.4, -0.2) is 258 Å². The molecule has 5 saturated heterocycles. The van der Waals surface area contributed by atoms with Crippen molar-refractivity contribution in [3.05, 3.63) is 29.8 Å². The van der Waals surface area contributed by atoms with Crippen LogP contribution in [0.25, 0.3) is 0 Å². The molecule has 23 atom stereocenters. The first-order valence-electron chi connectivity index (χ1n) is 21.5. The number of nitrogens with zero attached hydrogens (tertiary/aromatic N) is 1. The van der Waals surface area contributed by atoms with Crippen molar-refractivity contribution in [3.63, 3.8) is 0 Å². The van der Waals surface area contributed by atoms with E-state index in [1.807, 2.05) is 24.3 Å². The SMILES string of the molecule is OCC1O[C@@H](OCC2O[C@@H](OCC3O[C@@H](OCCCCCc4ccc(N=C=S)cc4)C(O)[C@@H](O)[C@H]3O)C(O)[C@@H](O[C@H]3O[C@@H](CO[C@@H]4O[C@@H](CO)[C@@H](O)C4O)[C@@H](O)C3O)[C@H]2O)C(O)[C@@H](O)[C@H]1O. The third kappa shape index (κ3) is 12.7. The van der Waals surface area contributed by atoms with Crippen molar-refractivity contribution in [2.24, 2.45) is 4.99 Å². The van der Waals surface area contributed by atoms with Crippen molar-refractivity contribution in [1.29, 1.82) is 0 Å². The molecule has 0 saturated carbocycles. The standard InChI is InChI=1S/C40H61NO24S/c42-10-18-23(44)28(49)33(54)38(60-18)58-14-22-27(48)35(65-40-31(52)26(47)21(64-40)13-57-37-30(51)24(45)19(11-43)61-37)34(55)39(63-22)59-12-20-25(46)29(50)32(53)36(62-20)56-9-3-1-2-4-16-5-7-17(8-6-16)41-15-66/h5-8,18-40,42-55H,1-4,9-14H2/t18?,19-,20?,21-,22?,23-,24+,25-,26+,27-,28-,29-,30?,31?,32?,33?,34?,35-,36+,37+,38+,39+,40+/m0/s1. The number of hydrogen-bond donors (Lipinski definition) is 14. The Labute approximate surface area is 382 Å². The molecule has 376 valence electrons. The number of aryl methyl sites for hydroxylation is 1. The summed E-state index contributed by atoms with van der Waals surface area (Å²) < 4.78 is 56.2. The van der Waals surface area contributed by atoms with Gasteiger partial charge < -0.3 is 119 Å². The van der Waals surface area contributed by atoms with Gasteiger partial charge >= 0.3 is 0 Å². The van der Waals surface area contributed by atoms with Crippen molar-refractivity contribution >= 4 is 23.1 Å². The molecule has 8 unspecified atom stereocenters. The summed E-state index contributed by atoms with van der Waals surface area (Å²) in [6, 6.07) is 7.53. The Hall–Kier alpha value is -1.94. The highest BCUT2D eigenvalue weighted by Gasteiger charge is 2.54. The lowest BCUT2D eigenvalue weighted by atomic mass is 9.97. The maximum Gasteiger partial charge on any atom is 0.187 e. The highest BCUT2D eigenvalue weighted by atomic mass is 32.1. The van der Waals surface area contributed by atoms with Crippen molar-refractivity contribution in [2.75, 3.05) is 39.6 Å². The van der Waals surface area contributed by atoms with Gasteiger partial charge in [0.1, 0.15) is 110 Å². The predicted octanol–water partition coefficient (Wildman–Crippen LogP) is -6.47. The lowest BCUT2D eigenvalue weighted by molar-refractivity contribution is -0.355. The van der Waals surface area contributed by atoms with Gasteiger partial charge in [0.25, 0.3) is 0 Å². The minimum atomic E-state index is -1.97. The minimum Gasteiger partial charge on any atom is -0.394 e. The fourth-order valence-corrected chi connectivity index (χ4v) is 8.13. The van der Waals surface area contributed by atoms with Crippen LogP contribution >= 0.6 is 12.2 Å². The first-order chi connectivity index (χ1) is 31.6. The van der Waals surface area contributed by atoms with Gasteiger partial charge in [-0.3, -0.25) is 0 Å². The van der Waals surface area contributed by atoms with Crippen molar-refractivity contribution in [3.8, 4) is 0 Å². The normalized spacial score (nSPS) is 44.1. The zero-order valence-electron chi connectivity index (χ0n) is 35.4. The van der Waals surface area contributed by atoms with Gasteiger partial charge in [-0.2, -0.15) is 4.99 Å². The number of isothiocyanates is 1. The van der Waals surface area contributed by atoms with Gasteiger partial charge in [-0.1, -0.05) is 18.6 Å².